The topological polar surface area (TPSA) is 147 Å². The molecule has 2 rings (SSSR count). The van der Waals surface area contributed by atoms with Crippen molar-refractivity contribution in [1.29, 1.82) is 0 Å². The second kappa shape index (κ2) is 7.91. The number of aryl methyl sites for hydroxylation is 1. The molecule has 0 unspecified atom stereocenters. The summed E-state index contributed by atoms with van der Waals surface area (Å²) >= 11 is 0. The van der Waals surface area contributed by atoms with Crippen LogP contribution in [0.15, 0.2) is 47.4 Å². The van der Waals surface area contributed by atoms with Gasteiger partial charge in [-0.05, 0) is 30.2 Å². The fourth-order valence-corrected chi connectivity index (χ4v) is 3.76. The lowest BCUT2D eigenvalue weighted by Gasteiger charge is -2.06. The Balaban J connectivity index is 2.25. The third-order valence-corrected chi connectivity index (χ3v) is 5.48. The standard InChI is InChI=1S/C16H14N2O8S/c1-26-16(19)12-4-2-11(3-5-12)8-9-27(24,25)15-7-6-13(17(20)21)10-14(15)18(22)23/h2-7,10H,8-9H2,1H3. The highest BCUT2D eigenvalue weighted by molar-refractivity contribution is 7.91. The molecule has 0 aliphatic rings. The summed E-state index contributed by atoms with van der Waals surface area (Å²) in [5.74, 6) is -0.973. The van der Waals surface area contributed by atoms with Crippen molar-refractivity contribution in [2.24, 2.45) is 0 Å². The van der Waals surface area contributed by atoms with Gasteiger partial charge in [0.05, 0.1) is 34.3 Å². The summed E-state index contributed by atoms with van der Waals surface area (Å²) in [5.41, 5.74) is -0.518. The van der Waals surface area contributed by atoms with Crippen molar-refractivity contribution < 1.29 is 27.8 Å². The fraction of sp³-hybridized carbons (Fsp3) is 0.188. The lowest BCUT2D eigenvalue weighted by molar-refractivity contribution is -0.396. The van der Waals surface area contributed by atoms with E-state index >= 15 is 0 Å². The van der Waals surface area contributed by atoms with Gasteiger partial charge in [0.15, 0.2) is 9.84 Å². The average Bonchev–Trinajstić information content (AvgIpc) is 2.65. The van der Waals surface area contributed by atoms with Crippen LogP contribution in [0.25, 0.3) is 0 Å². The van der Waals surface area contributed by atoms with Gasteiger partial charge in [-0.3, -0.25) is 20.2 Å². The van der Waals surface area contributed by atoms with Gasteiger partial charge in [0.25, 0.3) is 11.4 Å². The van der Waals surface area contributed by atoms with E-state index in [4.69, 9.17) is 0 Å². The molecule has 142 valence electrons. The molecule has 0 atom stereocenters. The minimum atomic E-state index is -4.06. The van der Waals surface area contributed by atoms with E-state index in [9.17, 15) is 33.4 Å². The third kappa shape index (κ3) is 4.64. The quantitative estimate of drug-likeness (QED) is 0.395. The van der Waals surface area contributed by atoms with E-state index < -0.39 is 47.7 Å². The number of esters is 1. The largest absolute Gasteiger partial charge is 0.465 e. The van der Waals surface area contributed by atoms with E-state index in [-0.39, 0.29) is 6.42 Å². The molecule has 0 spiro atoms. The van der Waals surface area contributed by atoms with Crippen LogP contribution in [0.3, 0.4) is 0 Å². The van der Waals surface area contributed by atoms with Crippen molar-refractivity contribution in [2.75, 3.05) is 12.9 Å². The first kappa shape index (κ1) is 20.0. The van der Waals surface area contributed by atoms with Crippen molar-refractivity contribution in [3.63, 3.8) is 0 Å². The molecule has 0 saturated carbocycles. The predicted octanol–water partition coefficient (Wildman–Crippen LogP) is 2.31. The number of hydrogen-bond acceptors (Lipinski definition) is 8. The Morgan fingerprint density at radius 3 is 2.19 bits per heavy atom. The fourth-order valence-electron chi connectivity index (χ4n) is 2.31. The number of non-ortho nitro benzene ring substituents is 1. The number of rotatable bonds is 7. The number of carbonyl (C=O) groups excluding carboxylic acids is 1. The molecule has 0 amide bonds. The first-order chi connectivity index (χ1) is 12.7. The normalized spacial score (nSPS) is 11.0. The van der Waals surface area contributed by atoms with Crippen LogP contribution >= 0.6 is 0 Å². The molecular weight excluding hydrogens is 380 g/mol. The molecule has 0 aliphatic heterocycles. The highest BCUT2D eigenvalue weighted by atomic mass is 32.2. The maximum atomic E-state index is 12.5. The van der Waals surface area contributed by atoms with Crippen LogP contribution in [-0.4, -0.2) is 37.1 Å². The summed E-state index contributed by atoms with van der Waals surface area (Å²) in [7, 11) is -2.83. The monoisotopic (exact) mass is 394 g/mol. The van der Waals surface area contributed by atoms with E-state index in [0.29, 0.717) is 17.2 Å². The molecule has 0 saturated heterocycles. The van der Waals surface area contributed by atoms with Crippen LogP contribution in [0.1, 0.15) is 15.9 Å². The van der Waals surface area contributed by atoms with Crippen molar-refractivity contribution >= 4 is 27.2 Å². The van der Waals surface area contributed by atoms with Crippen LogP contribution in [0.2, 0.25) is 0 Å². The first-order valence-corrected chi connectivity index (χ1v) is 9.14. The third-order valence-electron chi connectivity index (χ3n) is 3.72. The Kier molecular flexibility index (Phi) is 5.85. The Bertz CT molecular complexity index is 1000. The summed E-state index contributed by atoms with van der Waals surface area (Å²) < 4.78 is 29.5. The number of nitro benzene ring substituents is 2. The van der Waals surface area contributed by atoms with Crippen molar-refractivity contribution in [2.45, 2.75) is 11.3 Å². The Hall–Kier alpha value is -3.34. The number of hydrogen-bond donors (Lipinski definition) is 0. The van der Waals surface area contributed by atoms with Crippen LogP contribution in [0.5, 0.6) is 0 Å². The molecule has 0 N–H and O–H groups in total. The zero-order chi connectivity index (χ0) is 20.2. The maximum absolute atomic E-state index is 12.5. The van der Waals surface area contributed by atoms with Gasteiger partial charge in [-0.15, -0.1) is 0 Å². The molecule has 27 heavy (non-hydrogen) atoms. The van der Waals surface area contributed by atoms with Crippen molar-refractivity contribution in [1.82, 2.24) is 0 Å². The van der Waals surface area contributed by atoms with Crippen molar-refractivity contribution in [3.8, 4) is 0 Å². The molecule has 10 nitrogen and oxygen atoms in total. The lowest BCUT2D eigenvalue weighted by Crippen LogP contribution is -2.12. The molecule has 0 aromatic heterocycles. The number of methoxy groups -OCH3 is 1. The summed E-state index contributed by atoms with van der Waals surface area (Å²) in [4.78, 5) is 30.9. The highest BCUT2D eigenvalue weighted by Crippen LogP contribution is 2.29. The molecular formula is C16H14N2O8S. The van der Waals surface area contributed by atoms with E-state index in [2.05, 4.69) is 4.74 Å². The van der Waals surface area contributed by atoms with Gasteiger partial charge in [-0.2, -0.15) is 0 Å². The number of carbonyl (C=O) groups is 1. The Morgan fingerprint density at radius 1 is 1.04 bits per heavy atom. The van der Waals surface area contributed by atoms with Gasteiger partial charge in [-0.1, -0.05) is 12.1 Å². The summed E-state index contributed by atoms with van der Waals surface area (Å²) in [6.45, 7) is 0. The van der Waals surface area contributed by atoms with Crippen LogP contribution in [0.4, 0.5) is 11.4 Å². The van der Waals surface area contributed by atoms with Gasteiger partial charge in [0.1, 0.15) is 4.90 Å². The molecule has 0 heterocycles. The number of nitrogens with zero attached hydrogens (tertiary/aromatic N) is 2. The minimum Gasteiger partial charge on any atom is -0.465 e. The van der Waals surface area contributed by atoms with E-state index in [0.717, 1.165) is 12.1 Å². The summed E-state index contributed by atoms with van der Waals surface area (Å²) in [6, 6.07) is 8.44. The first-order valence-electron chi connectivity index (χ1n) is 7.48. The maximum Gasteiger partial charge on any atom is 0.337 e. The van der Waals surface area contributed by atoms with Crippen molar-refractivity contribution in [3.05, 3.63) is 73.8 Å². The van der Waals surface area contributed by atoms with Gasteiger partial charge in [0, 0.05) is 6.07 Å². The van der Waals surface area contributed by atoms with Gasteiger partial charge in [-0.25, -0.2) is 13.2 Å². The lowest BCUT2D eigenvalue weighted by atomic mass is 10.1. The van der Waals surface area contributed by atoms with E-state index in [1.165, 1.54) is 19.2 Å². The van der Waals surface area contributed by atoms with E-state index in [1.807, 2.05) is 0 Å². The molecule has 11 heteroatoms. The second-order valence-corrected chi connectivity index (χ2v) is 7.50. The Labute approximate surface area is 153 Å². The molecule has 0 radical (unpaired) electrons. The number of benzene rings is 2. The molecule has 2 aromatic rings. The summed E-state index contributed by atoms with van der Waals surface area (Å²) in [5, 5.41) is 21.9. The summed E-state index contributed by atoms with van der Waals surface area (Å²) in [6.07, 6.45) is 0.0396. The molecule has 0 bridgehead atoms. The number of ether oxygens (including phenoxy) is 1. The minimum absolute atomic E-state index is 0.0396. The number of nitro groups is 2. The van der Waals surface area contributed by atoms with Gasteiger partial charge in [0.2, 0.25) is 0 Å². The van der Waals surface area contributed by atoms with Crippen LogP contribution in [0, 0.1) is 20.2 Å². The molecule has 0 fully saturated rings. The predicted molar refractivity (Wildman–Crippen MR) is 93.3 cm³/mol. The smallest absolute Gasteiger partial charge is 0.337 e. The Morgan fingerprint density at radius 2 is 1.67 bits per heavy atom. The average molecular weight is 394 g/mol. The molecule has 2 aromatic carbocycles. The van der Waals surface area contributed by atoms with E-state index in [1.54, 1.807) is 12.1 Å². The van der Waals surface area contributed by atoms with Crippen LogP contribution in [-0.2, 0) is 21.0 Å². The number of sulfone groups is 1. The SMILES string of the molecule is COC(=O)c1ccc(CCS(=O)(=O)c2ccc([N+](=O)[O-])cc2[N+](=O)[O-])cc1. The second-order valence-electron chi connectivity index (χ2n) is 5.42. The molecule has 0 aliphatic carbocycles. The van der Waals surface area contributed by atoms with Crippen LogP contribution < -0.4 is 0 Å². The zero-order valence-electron chi connectivity index (χ0n) is 14.0. The zero-order valence-corrected chi connectivity index (χ0v) is 14.8. The highest BCUT2D eigenvalue weighted by Gasteiger charge is 2.28. The van der Waals surface area contributed by atoms with Gasteiger partial charge >= 0.3 is 5.97 Å². The van der Waals surface area contributed by atoms with Gasteiger partial charge < -0.3 is 4.74 Å².